The predicted octanol–water partition coefficient (Wildman–Crippen LogP) is 4.32. The molecule has 1 amide bonds. The SMILES string of the molecule is Cc1nc2c(-c3ccc(F)cc3)c(C)nn2c(C)c1CCC(=O)NCCCOC(C)C. The minimum atomic E-state index is -0.272. The Labute approximate surface area is 182 Å². The lowest BCUT2D eigenvalue weighted by atomic mass is 10.0. The molecule has 1 N–H and O–H groups in total. The molecule has 31 heavy (non-hydrogen) atoms. The van der Waals surface area contributed by atoms with Crippen molar-refractivity contribution >= 4 is 11.6 Å². The van der Waals surface area contributed by atoms with E-state index in [4.69, 9.17) is 9.72 Å². The summed E-state index contributed by atoms with van der Waals surface area (Å²) in [7, 11) is 0. The van der Waals surface area contributed by atoms with Crippen molar-refractivity contribution in [1.29, 1.82) is 0 Å². The van der Waals surface area contributed by atoms with Gasteiger partial charge in [-0.25, -0.2) is 13.9 Å². The van der Waals surface area contributed by atoms with Gasteiger partial charge in [0.25, 0.3) is 0 Å². The molecule has 0 radical (unpaired) electrons. The summed E-state index contributed by atoms with van der Waals surface area (Å²) < 4.78 is 20.7. The van der Waals surface area contributed by atoms with Gasteiger partial charge in [0.2, 0.25) is 5.91 Å². The van der Waals surface area contributed by atoms with Gasteiger partial charge in [-0.15, -0.1) is 0 Å². The Kier molecular flexibility index (Phi) is 7.38. The molecule has 3 rings (SSSR count). The first-order chi connectivity index (χ1) is 14.8. The number of carbonyl (C=O) groups is 1. The van der Waals surface area contributed by atoms with Crippen LogP contribution in [0.15, 0.2) is 24.3 Å². The van der Waals surface area contributed by atoms with Gasteiger partial charge in [0, 0.05) is 36.5 Å². The van der Waals surface area contributed by atoms with E-state index in [2.05, 4.69) is 10.4 Å². The van der Waals surface area contributed by atoms with E-state index in [1.54, 1.807) is 12.1 Å². The second-order valence-corrected chi connectivity index (χ2v) is 8.09. The lowest BCUT2D eigenvalue weighted by Crippen LogP contribution is -2.26. The fourth-order valence-corrected chi connectivity index (χ4v) is 3.73. The molecule has 166 valence electrons. The lowest BCUT2D eigenvalue weighted by Gasteiger charge is -2.12. The summed E-state index contributed by atoms with van der Waals surface area (Å²) in [5.41, 5.74) is 6.24. The molecule has 0 saturated heterocycles. The highest BCUT2D eigenvalue weighted by molar-refractivity contribution is 5.80. The third-order valence-corrected chi connectivity index (χ3v) is 5.33. The Hall–Kier alpha value is -2.80. The molecule has 0 aliphatic heterocycles. The zero-order valence-electron chi connectivity index (χ0n) is 19.0. The highest BCUT2D eigenvalue weighted by Gasteiger charge is 2.18. The van der Waals surface area contributed by atoms with Crippen LogP contribution in [0.25, 0.3) is 16.8 Å². The van der Waals surface area contributed by atoms with Crippen LogP contribution in [-0.2, 0) is 16.0 Å². The molecule has 0 aliphatic carbocycles. The zero-order chi connectivity index (χ0) is 22.5. The average molecular weight is 427 g/mol. The van der Waals surface area contributed by atoms with Crippen LogP contribution in [-0.4, -0.2) is 39.8 Å². The van der Waals surface area contributed by atoms with Crippen LogP contribution < -0.4 is 5.32 Å². The summed E-state index contributed by atoms with van der Waals surface area (Å²) in [5.74, 6) is -0.252. The number of aryl methyl sites for hydroxylation is 3. The van der Waals surface area contributed by atoms with Gasteiger partial charge >= 0.3 is 0 Å². The summed E-state index contributed by atoms with van der Waals surface area (Å²) in [4.78, 5) is 17.0. The van der Waals surface area contributed by atoms with Crippen LogP contribution in [0.4, 0.5) is 4.39 Å². The number of benzene rings is 1. The van der Waals surface area contributed by atoms with Crippen LogP contribution in [0.5, 0.6) is 0 Å². The molecular weight excluding hydrogens is 395 g/mol. The van der Waals surface area contributed by atoms with Crippen molar-refractivity contribution in [3.63, 3.8) is 0 Å². The fraction of sp³-hybridized carbons (Fsp3) is 0.458. The first-order valence-electron chi connectivity index (χ1n) is 10.8. The maximum Gasteiger partial charge on any atom is 0.220 e. The van der Waals surface area contributed by atoms with Crippen molar-refractivity contribution in [1.82, 2.24) is 19.9 Å². The van der Waals surface area contributed by atoms with Crippen molar-refractivity contribution in [3.05, 3.63) is 52.7 Å². The number of amides is 1. The van der Waals surface area contributed by atoms with E-state index < -0.39 is 0 Å². The van der Waals surface area contributed by atoms with Crippen LogP contribution in [0.2, 0.25) is 0 Å². The number of carbonyl (C=O) groups excluding carboxylic acids is 1. The minimum absolute atomic E-state index is 0.0205. The van der Waals surface area contributed by atoms with Crippen LogP contribution in [0.1, 0.15) is 49.3 Å². The molecule has 0 saturated carbocycles. The van der Waals surface area contributed by atoms with Crippen molar-refractivity contribution in [2.45, 2.75) is 60.0 Å². The average Bonchev–Trinajstić information content (AvgIpc) is 3.04. The highest BCUT2D eigenvalue weighted by Crippen LogP contribution is 2.29. The van der Waals surface area contributed by atoms with Gasteiger partial charge in [-0.1, -0.05) is 12.1 Å². The second-order valence-electron chi connectivity index (χ2n) is 8.09. The number of ether oxygens (including phenoxy) is 1. The minimum Gasteiger partial charge on any atom is -0.379 e. The van der Waals surface area contributed by atoms with Crippen LogP contribution in [0, 0.1) is 26.6 Å². The van der Waals surface area contributed by atoms with E-state index in [1.807, 2.05) is 39.1 Å². The van der Waals surface area contributed by atoms with E-state index in [9.17, 15) is 9.18 Å². The first-order valence-corrected chi connectivity index (χ1v) is 10.8. The molecule has 1 aromatic carbocycles. The summed E-state index contributed by atoms with van der Waals surface area (Å²) in [6.45, 7) is 11.1. The van der Waals surface area contributed by atoms with Crippen LogP contribution >= 0.6 is 0 Å². The zero-order valence-corrected chi connectivity index (χ0v) is 19.0. The Morgan fingerprint density at radius 3 is 2.55 bits per heavy atom. The Balaban J connectivity index is 1.73. The smallest absolute Gasteiger partial charge is 0.220 e. The fourth-order valence-electron chi connectivity index (χ4n) is 3.73. The maximum absolute atomic E-state index is 13.3. The molecule has 0 aliphatic rings. The summed E-state index contributed by atoms with van der Waals surface area (Å²) >= 11 is 0. The normalized spacial score (nSPS) is 11.5. The maximum atomic E-state index is 13.3. The van der Waals surface area contributed by atoms with Gasteiger partial charge in [0.1, 0.15) is 5.82 Å². The number of halogens is 1. The third kappa shape index (κ3) is 5.47. The molecular formula is C24H31FN4O2. The highest BCUT2D eigenvalue weighted by atomic mass is 19.1. The molecule has 0 spiro atoms. The molecule has 0 atom stereocenters. The Morgan fingerprint density at radius 1 is 1.16 bits per heavy atom. The summed E-state index contributed by atoms with van der Waals surface area (Å²) in [5, 5.41) is 7.62. The second kappa shape index (κ2) is 10.0. The lowest BCUT2D eigenvalue weighted by molar-refractivity contribution is -0.121. The number of hydrogen-bond donors (Lipinski definition) is 1. The van der Waals surface area contributed by atoms with Crippen LogP contribution in [0.3, 0.4) is 0 Å². The predicted molar refractivity (Wildman–Crippen MR) is 120 cm³/mol. The Bertz CT molecular complexity index is 1060. The van der Waals surface area contributed by atoms with Crippen molar-refractivity contribution < 1.29 is 13.9 Å². The van der Waals surface area contributed by atoms with Gasteiger partial charge in [0.15, 0.2) is 5.65 Å². The number of nitrogens with zero attached hydrogens (tertiary/aromatic N) is 3. The number of hydrogen-bond acceptors (Lipinski definition) is 4. The van der Waals surface area contributed by atoms with E-state index in [-0.39, 0.29) is 17.8 Å². The van der Waals surface area contributed by atoms with Gasteiger partial charge in [0.05, 0.1) is 11.8 Å². The monoisotopic (exact) mass is 426 g/mol. The quantitative estimate of drug-likeness (QED) is 0.517. The van der Waals surface area contributed by atoms with Crippen molar-refractivity contribution in [2.24, 2.45) is 0 Å². The molecule has 0 unspecified atom stereocenters. The van der Waals surface area contributed by atoms with E-state index in [0.717, 1.165) is 45.8 Å². The summed E-state index contributed by atoms with van der Waals surface area (Å²) in [6, 6.07) is 6.38. The van der Waals surface area contributed by atoms with E-state index in [1.165, 1.54) is 12.1 Å². The number of fused-ring (bicyclic) bond motifs is 1. The van der Waals surface area contributed by atoms with E-state index in [0.29, 0.717) is 26.0 Å². The van der Waals surface area contributed by atoms with Crippen molar-refractivity contribution in [3.8, 4) is 11.1 Å². The third-order valence-electron chi connectivity index (χ3n) is 5.33. The number of aromatic nitrogens is 3. The van der Waals surface area contributed by atoms with Crippen molar-refractivity contribution in [2.75, 3.05) is 13.2 Å². The van der Waals surface area contributed by atoms with Gasteiger partial charge < -0.3 is 10.1 Å². The molecule has 2 aromatic heterocycles. The molecule has 7 heteroatoms. The topological polar surface area (TPSA) is 68.5 Å². The van der Waals surface area contributed by atoms with Gasteiger partial charge in [-0.3, -0.25) is 4.79 Å². The molecule has 6 nitrogen and oxygen atoms in total. The number of nitrogens with one attached hydrogen (secondary N) is 1. The largest absolute Gasteiger partial charge is 0.379 e. The summed E-state index contributed by atoms with van der Waals surface area (Å²) in [6.07, 6.45) is 2.00. The number of rotatable bonds is 9. The molecule has 0 fully saturated rings. The molecule has 3 aromatic rings. The Morgan fingerprint density at radius 2 is 1.87 bits per heavy atom. The van der Waals surface area contributed by atoms with E-state index >= 15 is 0 Å². The molecule has 0 bridgehead atoms. The van der Waals surface area contributed by atoms with Gasteiger partial charge in [-0.05, 0) is 70.7 Å². The first kappa shape index (κ1) is 22.9. The van der Waals surface area contributed by atoms with Gasteiger partial charge in [-0.2, -0.15) is 5.10 Å². The molecule has 2 heterocycles. The standard InChI is InChI=1S/C24H31FN4O2/c1-15(2)31-14-6-13-26-22(30)12-11-21-16(3)27-24-23(17(4)28-29(24)18(21)5)19-7-9-20(25)10-8-19/h7-10,15H,6,11-14H2,1-5H3,(H,26,30).